The molecule has 0 aliphatic rings. The lowest BCUT2D eigenvalue weighted by atomic mass is 10.3. The van der Waals surface area contributed by atoms with Crippen molar-refractivity contribution in [2.45, 2.75) is 37.8 Å². The average Bonchev–Trinajstić information content (AvgIpc) is 2.61. The van der Waals surface area contributed by atoms with Gasteiger partial charge in [-0.15, -0.1) is 11.8 Å². The van der Waals surface area contributed by atoms with E-state index in [1.54, 1.807) is 11.8 Å². The Morgan fingerprint density at radius 1 is 1.59 bits per heavy atom. The van der Waals surface area contributed by atoms with Gasteiger partial charge < -0.3 is 9.84 Å². The Hall–Kier alpha value is -0.520. The maximum Gasteiger partial charge on any atom is 0.0940 e. The van der Waals surface area contributed by atoms with Crippen molar-refractivity contribution in [1.29, 1.82) is 0 Å². The van der Waals surface area contributed by atoms with Gasteiger partial charge in [-0.05, 0) is 19.4 Å². The average molecular weight is 258 g/mol. The molecule has 98 valence electrons. The quantitative estimate of drug-likeness (QED) is 0.572. The monoisotopic (exact) mass is 258 g/mol. The fourth-order valence-corrected chi connectivity index (χ4v) is 2.36. The largest absolute Gasteiger partial charge is 0.390 e. The molecule has 1 atom stereocenters. The summed E-state index contributed by atoms with van der Waals surface area (Å²) in [5, 5.41) is 15.1. The first-order valence-corrected chi connectivity index (χ1v) is 7.01. The van der Waals surface area contributed by atoms with Crippen molar-refractivity contribution in [3.05, 3.63) is 11.8 Å². The highest BCUT2D eigenvalue weighted by Crippen LogP contribution is 2.19. The SMILES string of the molecule is CCCCOCC(O)CSc1cc(C)nn1C. The van der Waals surface area contributed by atoms with Crippen molar-refractivity contribution in [1.82, 2.24) is 9.78 Å². The van der Waals surface area contributed by atoms with E-state index in [9.17, 15) is 5.11 Å². The van der Waals surface area contributed by atoms with Gasteiger partial charge in [-0.2, -0.15) is 5.10 Å². The molecule has 0 saturated heterocycles. The van der Waals surface area contributed by atoms with Crippen LogP contribution in [0.5, 0.6) is 0 Å². The lowest BCUT2D eigenvalue weighted by Crippen LogP contribution is -2.18. The Bertz CT molecular complexity index is 328. The van der Waals surface area contributed by atoms with Gasteiger partial charge in [-0.1, -0.05) is 13.3 Å². The molecule has 0 bridgehead atoms. The van der Waals surface area contributed by atoms with Crippen molar-refractivity contribution in [3.8, 4) is 0 Å². The summed E-state index contributed by atoms with van der Waals surface area (Å²) < 4.78 is 7.21. The lowest BCUT2D eigenvalue weighted by molar-refractivity contribution is 0.0473. The summed E-state index contributed by atoms with van der Waals surface area (Å²) in [4.78, 5) is 0. The summed E-state index contributed by atoms with van der Waals surface area (Å²) in [6.07, 6.45) is 1.77. The second-order valence-corrected chi connectivity index (χ2v) is 5.18. The summed E-state index contributed by atoms with van der Waals surface area (Å²) in [6, 6.07) is 2.02. The molecule has 0 aromatic carbocycles. The number of unbranched alkanes of at least 4 members (excludes halogenated alkanes) is 1. The summed E-state index contributed by atoms with van der Waals surface area (Å²) >= 11 is 1.61. The number of aryl methyl sites for hydroxylation is 2. The topological polar surface area (TPSA) is 47.3 Å². The zero-order valence-corrected chi connectivity index (χ0v) is 11.7. The van der Waals surface area contributed by atoms with E-state index in [1.165, 1.54) is 0 Å². The molecule has 0 amide bonds. The van der Waals surface area contributed by atoms with Crippen molar-refractivity contribution >= 4 is 11.8 Å². The number of hydrogen-bond acceptors (Lipinski definition) is 4. The second-order valence-electron chi connectivity index (χ2n) is 4.14. The van der Waals surface area contributed by atoms with Crippen molar-refractivity contribution in [3.63, 3.8) is 0 Å². The Kier molecular flexibility index (Phi) is 6.62. The second kappa shape index (κ2) is 7.74. The molecule has 0 saturated carbocycles. The fraction of sp³-hybridized carbons (Fsp3) is 0.750. The molecule has 1 unspecified atom stereocenters. The van der Waals surface area contributed by atoms with E-state index in [0.29, 0.717) is 12.4 Å². The summed E-state index contributed by atoms with van der Waals surface area (Å²) in [7, 11) is 1.92. The number of aromatic nitrogens is 2. The van der Waals surface area contributed by atoms with Crippen LogP contribution in [-0.2, 0) is 11.8 Å². The molecule has 0 spiro atoms. The van der Waals surface area contributed by atoms with Crippen LogP contribution in [0.25, 0.3) is 0 Å². The predicted octanol–water partition coefficient (Wildman–Crippen LogP) is 2.00. The zero-order chi connectivity index (χ0) is 12.7. The van der Waals surface area contributed by atoms with E-state index in [4.69, 9.17) is 4.74 Å². The van der Waals surface area contributed by atoms with Crippen LogP contribution in [0.3, 0.4) is 0 Å². The number of thioether (sulfide) groups is 1. The van der Waals surface area contributed by atoms with E-state index in [-0.39, 0.29) is 0 Å². The van der Waals surface area contributed by atoms with Crippen LogP contribution in [0.1, 0.15) is 25.5 Å². The summed E-state index contributed by atoms with van der Waals surface area (Å²) in [6.45, 7) is 5.25. The molecule has 0 fully saturated rings. The number of nitrogens with zero attached hydrogens (tertiary/aromatic N) is 2. The molecule has 0 aliphatic heterocycles. The molecular weight excluding hydrogens is 236 g/mol. The van der Waals surface area contributed by atoms with E-state index in [2.05, 4.69) is 12.0 Å². The van der Waals surface area contributed by atoms with Gasteiger partial charge in [-0.25, -0.2) is 0 Å². The Morgan fingerprint density at radius 2 is 2.35 bits per heavy atom. The van der Waals surface area contributed by atoms with Crippen LogP contribution in [0.15, 0.2) is 11.1 Å². The number of rotatable bonds is 8. The normalized spacial score (nSPS) is 12.9. The maximum absolute atomic E-state index is 9.73. The number of aliphatic hydroxyl groups is 1. The Morgan fingerprint density at radius 3 is 2.94 bits per heavy atom. The van der Waals surface area contributed by atoms with E-state index >= 15 is 0 Å². The molecule has 17 heavy (non-hydrogen) atoms. The fourth-order valence-electron chi connectivity index (χ4n) is 1.42. The maximum atomic E-state index is 9.73. The zero-order valence-electron chi connectivity index (χ0n) is 10.8. The smallest absolute Gasteiger partial charge is 0.0940 e. The molecule has 0 radical (unpaired) electrons. The first-order valence-electron chi connectivity index (χ1n) is 6.02. The Labute approximate surface area is 107 Å². The molecule has 4 nitrogen and oxygen atoms in total. The third-order valence-electron chi connectivity index (χ3n) is 2.34. The van der Waals surface area contributed by atoms with Crippen LogP contribution in [0.2, 0.25) is 0 Å². The number of aliphatic hydroxyl groups excluding tert-OH is 1. The minimum absolute atomic E-state index is 0.410. The van der Waals surface area contributed by atoms with Gasteiger partial charge in [-0.3, -0.25) is 4.68 Å². The highest BCUT2D eigenvalue weighted by atomic mass is 32.2. The first kappa shape index (κ1) is 14.5. The van der Waals surface area contributed by atoms with E-state index < -0.39 is 6.10 Å². The summed E-state index contributed by atoms with van der Waals surface area (Å²) in [5.41, 5.74) is 1.00. The summed E-state index contributed by atoms with van der Waals surface area (Å²) in [5.74, 6) is 0.644. The minimum Gasteiger partial charge on any atom is -0.390 e. The van der Waals surface area contributed by atoms with Crippen LogP contribution >= 0.6 is 11.8 Å². The highest BCUT2D eigenvalue weighted by Gasteiger charge is 2.08. The van der Waals surface area contributed by atoms with Gasteiger partial charge >= 0.3 is 0 Å². The molecule has 1 heterocycles. The molecule has 1 aromatic heterocycles. The lowest BCUT2D eigenvalue weighted by Gasteiger charge is -2.10. The van der Waals surface area contributed by atoms with Crippen molar-refractivity contribution in [2.75, 3.05) is 19.0 Å². The van der Waals surface area contributed by atoms with Crippen LogP contribution in [0, 0.1) is 6.92 Å². The predicted molar refractivity (Wildman–Crippen MR) is 70.4 cm³/mol. The van der Waals surface area contributed by atoms with Gasteiger partial charge in [0.2, 0.25) is 0 Å². The van der Waals surface area contributed by atoms with Gasteiger partial charge in [0.05, 0.1) is 23.4 Å². The van der Waals surface area contributed by atoms with Crippen LogP contribution in [-0.4, -0.2) is 40.0 Å². The molecule has 5 heteroatoms. The van der Waals surface area contributed by atoms with Gasteiger partial charge in [0, 0.05) is 19.4 Å². The molecule has 1 aromatic rings. The van der Waals surface area contributed by atoms with Crippen molar-refractivity contribution < 1.29 is 9.84 Å². The van der Waals surface area contributed by atoms with E-state index in [1.807, 2.05) is 24.7 Å². The number of ether oxygens (including phenoxy) is 1. The minimum atomic E-state index is -0.410. The third kappa shape index (κ3) is 5.57. The first-order chi connectivity index (χ1) is 8.13. The molecular formula is C12H22N2O2S. The van der Waals surface area contributed by atoms with Gasteiger partial charge in [0.1, 0.15) is 0 Å². The van der Waals surface area contributed by atoms with Crippen LogP contribution in [0.4, 0.5) is 0 Å². The van der Waals surface area contributed by atoms with E-state index in [0.717, 1.165) is 30.2 Å². The molecule has 0 aliphatic carbocycles. The number of hydrogen-bond donors (Lipinski definition) is 1. The molecule has 1 N–H and O–H groups in total. The van der Waals surface area contributed by atoms with Crippen LogP contribution < -0.4 is 0 Å². The standard InChI is InChI=1S/C12H22N2O2S/c1-4-5-6-16-8-11(15)9-17-12-7-10(2)13-14(12)3/h7,11,15H,4-6,8-9H2,1-3H3. The Balaban J connectivity index is 2.19. The van der Waals surface area contributed by atoms with Gasteiger partial charge in [0.15, 0.2) is 0 Å². The third-order valence-corrected chi connectivity index (χ3v) is 3.56. The molecule has 1 rings (SSSR count). The highest BCUT2D eigenvalue weighted by molar-refractivity contribution is 7.99. The van der Waals surface area contributed by atoms with Gasteiger partial charge in [0.25, 0.3) is 0 Å². The van der Waals surface area contributed by atoms with Crippen molar-refractivity contribution in [2.24, 2.45) is 7.05 Å².